The number of benzene rings is 1. The van der Waals surface area contributed by atoms with E-state index in [-0.39, 0.29) is 5.78 Å². The standard InChI is InChI=1S/C17H26O2/c1-5-7-8-15(6-2)12-19-17-10-9-16(14(4)18)11-13(17)3/h9-11,15H,5-8,12H2,1-4H3. The second-order valence-electron chi connectivity index (χ2n) is 5.26. The highest BCUT2D eigenvalue weighted by atomic mass is 16.5. The SMILES string of the molecule is CCCCC(CC)COc1ccc(C(C)=O)cc1C. The van der Waals surface area contributed by atoms with Crippen molar-refractivity contribution in [1.82, 2.24) is 0 Å². The molecule has 0 aliphatic rings. The topological polar surface area (TPSA) is 26.3 Å². The van der Waals surface area contributed by atoms with Crippen molar-refractivity contribution in [3.8, 4) is 5.75 Å². The van der Waals surface area contributed by atoms with Crippen LogP contribution < -0.4 is 4.74 Å². The maximum Gasteiger partial charge on any atom is 0.159 e. The molecule has 0 aliphatic heterocycles. The van der Waals surface area contributed by atoms with E-state index in [2.05, 4.69) is 13.8 Å². The first-order valence-electron chi connectivity index (χ1n) is 7.32. The zero-order chi connectivity index (χ0) is 14.3. The van der Waals surface area contributed by atoms with Gasteiger partial charge in [-0.25, -0.2) is 0 Å². The van der Waals surface area contributed by atoms with Crippen molar-refractivity contribution >= 4 is 5.78 Å². The Morgan fingerprint density at radius 2 is 2.05 bits per heavy atom. The van der Waals surface area contributed by atoms with Crippen molar-refractivity contribution in [1.29, 1.82) is 0 Å². The predicted octanol–water partition coefficient (Wildman–Crippen LogP) is 4.79. The fourth-order valence-corrected chi connectivity index (χ4v) is 2.14. The Hall–Kier alpha value is -1.31. The van der Waals surface area contributed by atoms with Gasteiger partial charge in [0.2, 0.25) is 0 Å². The number of carbonyl (C=O) groups excluding carboxylic acids is 1. The number of aryl methyl sites for hydroxylation is 1. The van der Waals surface area contributed by atoms with Crippen LogP contribution in [0, 0.1) is 12.8 Å². The molecule has 0 saturated heterocycles. The second-order valence-corrected chi connectivity index (χ2v) is 5.26. The number of unbranched alkanes of at least 4 members (excludes halogenated alkanes) is 1. The van der Waals surface area contributed by atoms with Gasteiger partial charge in [0.15, 0.2) is 5.78 Å². The zero-order valence-corrected chi connectivity index (χ0v) is 12.7. The van der Waals surface area contributed by atoms with E-state index in [0.29, 0.717) is 5.92 Å². The molecule has 106 valence electrons. The quantitative estimate of drug-likeness (QED) is 0.629. The van der Waals surface area contributed by atoms with Crippen LogP contribution in [0.3, 0.4) is 0 Å². The monoisotopic (exact) mass is 262 g/mol. The number of carbonyl (C=O) groups is 1. The highest BCUT2D eigenvalue weighted by Gasteiger charge is 2.09. The van der Waals surface area contributed by atoms with Crippen LogP contribution in [0.1, 0.15) is 62.4 Å². The van der Waals surface area contributed by atoms with Crippen molar-refractivity contribution in [2.45, 2.75) is 53.4 Å². The molecule has 1 atom stereocenters. The molecule has 0 fully saturated rings. The van der Waals surface area contributed by atoms with Crippen molar-refractivity contribution < 1.29 is 9.53 Å². The summed E-state index contributed by atoms with van der Waals surface area (Å²) in [6.45, 7) is 8.80. The summed E-state index contributed by atoms with van der Waals surface area (Å²) in [6, 6.07) is 5.67. The van der Waals surface area contributed by atoms with E-state index >= 15 is 0 Å². The normalized spacial score (nSPS) is 12.2. The lowest BCUT2D eigenvalue weighted by Gasteiger charge is -2.17. The molecule has 1 unspecified atom stereocenters. The van der Waals surface area contributed by atoms with Gasteiger partial charge in [-0.3, -0.25) is 4.79 Å². The first kappa shape index (κ1) is 15.7. The van der Waals surface area contributed by atoms with E-state index in [1.54, 1.807) is 6.92 Å². The van der Waals surface area contributed by atoms with Crippen LogP contribution >= 0.6 is 0 Å². The minimum atomic E-state index is 0.101. The van der Waals surface area contributed by atoms with E-state index in [4.69, 9.17) is 4.74 Å². The summed E-state index contributed by atoms with van der Waals surface area (Å²) in [5.74, 6) is 1.64. The first-order valence-corrected chi connectivity index (χ1v) is 7.32. The van der Waals surface area contributed by atoms with Crippen molar-refractivity contribution in [2.75, 3.05) is 6.61 Å². The lowest BCUT2D eigenvalue weighted by Crippen LogP contribution is -2.12. The van der Waals surface area contributed by atoms with Crippen LogP contribution in [-0.4, -0.2) is 12.4 Å². The molecular weight excluding hydrogens is 236 g/mol. The van der Waals surface area contributed by atoms with Crippen LogP contribution in [0.25, 0.3) is 0 Å². The molecule has 0 aromatic heterocycles. The van der Waals surface area contributed by atoms with Crippen molar-refractivity contribution in [3.05, 3.63) is 29.3 Å². The molecule has 1 aromatic carbocycles. The van der Waals surface area contributed by atoms with Gasteiger partial charge in [0.05, 0.1) is 6.61 Å². The Morgan fingerprint density at radius 1 is 1.32 bits per heavy atom. The van der Waals surface area contributed by atoms with Crippen molar-refractivity contribution in [2.24, 2.45) is 5.92 Å². The van der Waals surface area contributed by atoms with Crippen LogP contribution in [0.5, 0.6) is 5.75 Å². The average molecular weight is 262 g/mol. The summed E-state index contributed by atoms with van der Waals surface area (Å²) in [5, 5.41) is 0. The van der Waals surface area contributed by atoms with Gasteiger partial charge in [0, 0.05) is 5.56 Å². The van der Waals surface area contributed by atoms with E-state index in [1.807, 2.05) is 25.1 Å². The molecule has 0 radical (unpaired) electrons. The van der Waals surface area contributed by atoms with Gasteiger partial charge in [0.25, 0.3) is 0 Å². The average Bonchev–Trinajstić information content (AvgIpc) is 2.40. The Balaban J connectivity index is 2.59. The number of Topliss-reactive ketones (excluding diaryl/α,β-unsaturated/α-hetero) is 1. The molecule has 2 nitrogen and oxygen atoms in total. The fraction of sp³-hybridized carbons (Fsp3) is 0.588. The Bertz CT molecular complexity index is 410. The summed E-state index contributed by atoms with van der Waals surface area (Å²) < 4.78 is 5.91. The summed E-state index contributed by atoms with van der Waals surface area (Å²) >= 11 is 0. The lowest BCUT2D eigenvalue weighted by atomic mass is 10.0. The van der Waals surface area contributed by atoms with Gasteiger partial charge in [-0.1, -0.05) is 33.1 Å². The van der Waals surface area contributed by atoms with Crippen LogP contribution in [0.15, 0.2) is 18.2 Å². The predicted molar refractivity (Wildman–Crippen MR) is 80.0 cm³/mol. The Morgan fingerprint density at radius 3 is 2.58 bits per heavy atom. The van der Waals surface area contributed by atoms with Gasteiger partial charge < -0.3 is 4.74 Å². The second kappa shape index (κ2) is 7.98. The highest BCUT2D eigenvalue weighted by molar-refractivity contribution is 5.94. The zero-order valence-electron chi connectivity index (χ0n) is 12.7. The summed E-state index contributed by atoms with van der Waals surface area (Å²) in [5.41, 5.74) is 1.79. The number of ether oxygens (including phenoxy) is 1. The van der Waals surface area contributed by atoms with E-state index in [0.717, 1.165) is 29.9 Å². The summed E-state index contributed by atoms with van der Waals surface area (Å²) in [4.78, 5) is 11.3. The minimum Gasteiger partial charge on any atom is -0.493 e. The van der Waals surface area contributed by atoms with Crippen LogP contribution in [0.4, 0.5) is 0 Å². The Kier molecular flexibility index (Phi) is 6.61. The van der Waals surface area contributed by atoms with E-state index in [9.17, 15) is 4.79 Å². The molecule has 0 bridgehead atoms. The maximum absolute atomic E-state index is 11.3. The number of hydrogen-bond acceptors (Lipinski definition) is 2. The third-order valence-electron chi connectivity index (χ3n) is 3.60. The molecular formula is C17H26O2. The molecule has 0 aliphatic carbocycles. The van der Waals surface area contributed by atoms with Gasteiger partial charge in [0.1, 0.15) is 5.75 Å². The van der Waals surface area contributed by atoms with Gasteiger partial charge in [-0.15, -0.1) is 0 Å². The molecule has 0 amide bonds. The van der Waals surface area contributed by atoms with E-state index in [1.165, 1.54) is 19.3 Å². The Labute approximate surface area is 117 Å². The molecule has 2 heteroatoms. The van der Waals surface area contributed by atoms with Gasteiger partial charge in [-0.2, -0.15) is 0 Å². The van der Waals surface area contributed by atoms with Crippen LogP contribution in [0.2, 0.25) is 0 Å². The minimum absolute atomic E-state index is 0.101. The van der Waals surface area contributed by atoms with E-state index < -0.39 is 0 Å². The lowest BCUT2D eigenvalue weighted by molar-refractivity contribution is 0.101. The molecule has 0 spiro atoms. The number of ketones is 1. The molecule has 19 heavy (non-hydrogen) atoms. The molecule has 0 heterocycles. The number of hydrogen-bond donors (Lipinski definition) is 0. The largest absolute Gasteiger partial charge is 0.493 e. The van der Waals surface area contributed by atoms with Gasteiger partial charge >= 0.3 is 0 Å². The molecule has 1 rings (SSSR count). The third-order valence-corrected chi connectivity index (χ3v) is 3.60. The van der Waals surface area contributed by atoms with Crippen molar-refractivity contribution in [3.63, 3.8) is 0 Å². The molecule has 1 aromatic rings. The smallest absolute Gasteiger partial charge is 0.159 e. The fourth-order valence-electron chi connectivity index (χ4n) is 2.14. The summed E-state index contributed by atoms with van der Waals surface area (Å²) in [6.07, 6.45) is 4.90. The first-order chi connectivity index (χ1) is 9.08. The highest BCUT2D eigenvalue weighted by Crippen LogP contribution is 2.21. The van der Waals surface area contributed by atoms with Crippen LogP contribution in [-0.2, 0) is 0 Å². The molecule has 0 N–H and O–H groups in total. The maximum atomic E-state index is 11.3. The molecule has 0 saturated carbocycles. The van der Waals surface area contributed by atoms with Gasteiger partial charge in [-0.05, 0) is 49.9 Å². The third kappa shape index (κ3) is 5.06. The summed E-state index contributed by atoms with van der Waals surface area (Å²) in [7, 11) is 0. The number of rotatable bonds is 8.